The second-order valence-electron chi connectivity index (χ2n) is 6.03. The van der Waals surface area contributed by atoms with Crippen LogP contribution in [0.15, 0.2) is 24.3 Å². The van der Waals surface area contributed by atoms with E-state index < -0.39 is 0 Å². The van der Waals surface area contributed by atoms with Gasteiger partial charge in [-0.1, -0.05) is 38.0 Å². The van der Waals surface area contributed by atoms with E-state index in [2.05, 4.69) is 23.6 Å². The van der Waals surface area contributed by atoms with E-state index in [0.29, 0.717) is 6.42 Å². The molecule has 3 heteroatoms. The molecule has 1 aromatic rings. The first kappa shape index (κ1) is 14.9. The van der Waals surface area contributed by atoms with Crippen molar-refractivity contribution in [3.63, 3.8) is 0 Å². The summed E-state index contributed by atoms with van der Waals surface area (Å²) >= 11 is 0. The van der Waals surface area contributed by atoms with Crippen molar-refractivity contribution in [3.05, 3.63) is 29.8 Å². The number of hydrogen-bond acceptors (Lipinski definition) is 2. The highest BCUT2D eigenvalue weighted by molar-refractivity contribution is 5.80. The molecule has 0 radical (unpaired) electrons. The predicted octanol–water partition coefficient (Wildman–Crippen LogP) is 3.21. The van der Waals surface area contributed by atoms with Crippen molar-refractivity contribution in [2.45, 2.75) is 39.0 Å². The minimum Gasteiger partial charge on any atom is -0.385 e. The number of amides is 1. The normalized spacial score (nSPS) is 22.3. The topological polar surface area (TPSA) is 41.1 Å². The van der Waals surface area contributed by atoms with E-state index in [1.54, 1.807) is 7.05 Å². The van der Waals surface area contributed by atoms with Crippen molar-refractivity contribution < 1.29 is 4.79 Å². The van der Waals surface area contributed by atoms with Crippen LogP contribution in [0.5, 0.6) is 0 Å². The van der Waals surface area contributed by atoms with Gasteiger partial charge in [0.05, 0.1) is 6.42 Å². The maximum atomic E-state index is 11.5. The van der Waals surface area contributed by atoms with Crippen LogP contribution in [0.25, 0.3) is 0 Å². The minimum atomic E-state index is 0.0607. The fourth-order valence-corrected chi connectivity index (χ4v) is 3.11. The van der Waals surface area contributed by atoms with Gasteiger partial charge in [0.15, 0.2) is 0 Å². The van der Waals surface area contributed by atoms with E-state index in [9.17, 15) is 4.79 Å². The number of hydrogen-bond donors (Lipinski definition) is 2. The molecule has 2 N–H and O–H groups in total. The van der Waals surface area contributed by atoms with Crippen molar-refractivity contribution in [3.8, 4) is 0 Å². The number of benzene rings is 1. The molecule has 2 rings (SSSR count). The Morgan fingerprint density at radius 1 is 1.30 bits per heavy atom. The lowest BCUT2D eigenvalue weighted by atomic mass is 9.82. The van der Waals surface area contributed by atoms with Crippen molar-refractivity contribution in [2.75, 3.05) is 18.9 Å². The molecule has 20 heavy (non-hydrogen) atoms. The third kappa shape index (κ3) is 4.26. The highest BCUT2D eigenvalue weighted by atomic mass is 16.1. The van der Waals surface area contributed by atoms with Crippen molar-refractivity contribution in [1.29, 1.82) is 0 Å². The Kier molecular flexibility index (Phi) is 5.45. The predicted molar refractivity (Wildman–Crippen MR) is 83.8 cm³/mol. The van der Waals surface area contributed by atoms with E-state index in [0.717, 1.165) is 29.6 Å². The maximum Gasteiger partial charge on any atom is 0.224 e. The number of likely N-dealkylation sites (N-methyl/N-ethyl adjacent to an activating group) is 1. The Bertz CT molecular complexity index is 444. The van der Waals surface area contributed by atoms with Crippen LogP contribution in [-0.4, -0.2) is 19.5 Å². The Morgan fingerprint density at radius 3 is 2.85 bits per heavy atom. The average molecular weight is 274 g/mol. The molecule has 1 aromatic carbocycles. The molecule has 0 spiro atoms. The van der Waals surface area contributed by atoms with Crippen molar-refractivity contribution in [1.82, 2.24) is 5.32 Å². The van der Waals surface area contributed by atoms with Crippen LogP contribution in [0.2, 0.25) is 0 Å². The van der Waals surface area contributed by atoms with Gasteiger partial charge in [-0.05, 0) is 36.3 Å². The summed E-state index contributed by atoms with van der Waals surface area (Å²) in [5, 5.41) is 6.24. The van der Waals surface area contributed by atoms with Crippen LogP contribution >= 0.6 is 0 Å². The molecule has 0 aromatic heterocycles. The number of anilines is 1. The molecule has 1 fully saturated rings. The molecule has 1 saturated carbocycles. The summed E-state index contributed by atoms with van der Waals surface area (Å²) in [6, 6.07) is 8.12. The Labute approximate surface area is 122 Å². The monoisotopic (exact) mass is 274 g/mol. The highest BCUT2D eigenvalue weighted by Gasteiger charge is 2.18. The second kappa shape index (κ2) is 7.32. The summed E-state index contributed by atoms with van der Waals surface area (Å²) in [6.07, 6.45) is 5.83. The van der Waals surface area contributed by atoms with E-state index >= 15 is 0 Å². The van der Waals surface area contributed by atoms with Gasteiger partial charge in [-0.15, -0.1) is 0 Å². The Morgan fingerprint density at radius 2 is 2.10 bits per heavy atom. The molecular formula is C17H26N2O. The maximum absolute atomic E-state index is 11.5. The summed E-state index contributed by atoms with van der Waals surface area (Å²) in [7, 11) is 1.68. The zero-order valence-electron chi connectivity index (χ0n) is 12.6. The number of rotatable bonds is 5. The number of nitrogens with one attached hydrogen (secondary N) is 2. The highest BCUT2D eigenvalue weighted by Crippen LogP contribution is 2.29. The van der Waals surface area contributed by atoms with Gasteiger partial charge in [-0.2, -0.15) is 0 Å². The zero-order valence-corrected chi connectivity index (χ0v) is 12.6. The number of carbonyl (C=O) groups excluding carboxylic acids is 1. The quantitative estimate of drug-likeness (QED) is 0.865. The third-order valence-corrected chi connectivity index (χ3v) is 4.27. The summed E-state index contributed by atoms with van der Waals surface area (Å²) in [6.45, 7) is 3.38. The van der Waals surface area contributed by atoms with Gasteiger partial charge in [0.2, 0.25) is 5.91 Å². The summed E-state index contributed by atoms with van der Waals surface area (Å²) in [4.78, 5) is 11.5. The van der Waals surface area contributed by atoms with E-state index in [1.807, 2.05) is 18.2 Å². The third-order valence-electron chi connectivity index (χ3n) is 4.27. The summed E-state index contributed by atoms with van der Waals surface area (Å²) < 4.78 is 0. The van der Waals surface area contributed by atoms with Crippen molar-refractivity contribution >= 4 is 11.6 Å². The molecule has 0 saturated heterocycles. The standard InChI is InChI=1S/C17H26N2O/c1-13-6-5-7-14(10-13)12-19-16-9-4-3-8-15(16)11-17(20)18-2/h3-4,8-9,13-14,19H,5-7,10-12H2,1-2H3,(H,18,20). The average Bonchev–Trinajstić information content (AvgIpc) is 2.46. The van der Waals surface area contributed by atoms with Gasteiger partial charge in [0.25, 0.3) is 0 Å². The van der Waals surface area contributed by atoms with Crippen LogP contribution in [0, 0.1) is 11.8 Å². The first-order valence-electron chi connectivity index (χ1n) is 7.71. The van der Waals surface area contributed by atoms with Gasteiger partial charge in [0.1, 0.15) is 0 Å². The molecule has 0 aliphatic heterocycles. The van der Waals surface area contributed by atoms with Gasteiger partial charge in [-0.25, -0.2) is 0 Å². The molecular weight excluding hydrogens is 248 g/mol. The Hall–Kier alpha value is -1.51. The summed E-state index contributed by atoms with van der Waals surface area (Å²) in [5.74, 6) is 1.69. The molecule has 0 heterocycles. The Balaban J connectivity index is 1.93. The molecule has 1 amide bonds. The van der Waals surface area contributed by atoms with Gasteiger partial charge in [0, 0.05) is 19.3 Å². The van der Waals surface area contributed by atoms with Gasteiger partial charge in [-0.3, -0.25) is 4.79 Å². The molecule has 3 nitrogen and oxygen atoms in total. The molecule has 2 unspecified atom stereocenters. The number of carbonyl (C=O) groups is 1. The lowest BCUT2D eigenvalue weighted by molar-refractivity contribution is -0.119. The van der Waals surface area contributed by atoms with E-state index in [-0.39, 0.29) is 5.91 Å². The van der Waals surface area contributed by atoms with Gasteiger partial charge < -0.3 is 10.6 Å². The van der Waals surface area contributed by atoms with E-state index in [1.165, 1.54) is 25.7 Å². The molecule has 0 bridgehead atoms. The van der Waals surface area contributed by atoms with E-state index in [4.69, 9.17) is 0 Å². The molecule has 110 valence electrons. The van der Waals surface area contributed by atoms with Crippen LogP contribution in [0.4, 0.5) is 5.69 Å². The van der Waals surface area contributed by atoms with Crippen LogP contribution in [0.3, 0.4) is 0 Å². The zero-order chi connectivity index (χ0) is 14.4. The van der Waals surface area contributed by atoms with Gasteiger partial charge >= 0.3 is 0 Å². The molecule has 2 atom stereocenters. The smallest absolute Gasteiger partial charge is 0.224 e. The van der Waals surface area contributed by atoms with Crippen LogP contribution in [-0.2, 0) is 11.2 Å². The second-order valence-corrected chi connectivity index (χ2v) is 6.03. The lowest BCUT2D eigenvalue weighted by Gasteiger charge is -2.27. The lowest BCUT2D eigenvalue weighted by Crippen LogP contribution is -2.23. The SMILES string of the molecule is CNC(=O)Cc1ccccc1NCC1CCCC(C)C1. The van der Waals surface area contributed by atoms with Crippen molar-refractivity contribution in [2.24, 2.45) is 11.8 Å². The fourth-order valence-electron chi connectivity index (χ4n) is 3.11. The van der Waals surface area contributed by atoms with Crippen LogP contribution in [0.1, 0.15) is 38.2 Å². The fraction of sp³-hybridized carbons (Fsp3) is 0.588. The molecule has 1 aliphatic rings. The number of para-hydroxylation sites is 1. The first-order valence-corrected chi connectivity index (χ1v) is 7.71. The summed E-state index contributed by atoms with van der Waals surface area (Å²) in [5.41, 5.74) is 2.19. The minimum absolute atomic E-state index is 0.0607. The largest absolute Gasteiger partial charge is 0.385 e. The van der Waals surface area contributed by atoms with Crippen LogP contribution < -0.4 is 10.6 Å². The molecule has 1 aliphatic carbocycles. The first-order chi connectivity index (χ1) is 9.69.